The van der Waals surface area contributed by atoms with Crippen molar-refractivity contribution in [1.29, 1.82) is 5.26 Å². The Morgan fingerprint density at radius 3 is 2.38 bits per heavy atom. The Morgan fingerprint density at radius 2 is 1.73 bits per heavy atom. The van der Waals surface area contributed by atoms with Gasteiger partial charge in [-0.15, -0.1) is 5.10 Å². The predicted octanol–water partition coefficient (Wildman–Crippen LogP) is 3.04. The zero-order chi connectivity index (χ0) is 18.1. The Morgan fingerprint density at radius 1 is 1.08 bits per heavy atom. The van der Waals surface area contributed by atoms with Gasteiger partial charge in [0.1, 0.15) is 11.5 Å². The van der Waals surface area contributed by atoms with Gasteiger partial charge in [0.15, 0.2) is 11.9 Å². The van der Waals surface area contributed by atoms with Crippen molar-refractivity contribution in [3.63, 3.8) is 0 Å². The maximum absolute atomic E-state index is 12.9. The summed E-state index contributed by atoms with van der Waals surface area (Å²) in [5.41, 5.74) is 1.64. The molecule has 0 aliphatic carbocycles. The van der Waals surface area contributed by atoms with E-state index in [4.69, 9.17) is 0 Å². The molecule has 1 aliphatic heterocycles. The molecule has 0 fully saturated rings. The van der Waals surface area contributed by atoms with Gasteiger partial charge in [0.05, 0.1) is 11.8 Å². The molecular formula is C19H14N6O. The monoisotopic (exact) mass is 342 g/mol. The van der Waals surface area contributed by atoms with E-state index in [1.54, 1.807) is 35.9 Å². The standard InChI is InChI=1S/C19H14N6O/c1-13-21-18-17(22-23-25(18)15-10-6-3-7-11-15)16(12-20)24(13)19(26)14-8-4-2-5-9-14/h2-11,16H,1H3. The van der Waals surface area contributed by atoms with Crippen LogP contribution in [0.1, 0.15) is 29.0 Å². The van der Waals surface area contributed by atoms with Crippen molar-refractivity contribution in [1.82, 2.24) is 19.9 Å². The van der Waals surface area contributed by atoms with Gasteiger partial charge < -0.3 is 0 Å². The Kier molecular flexibility index (Phi) is 3.78. The summed E-state index contributed by atoms with van der Waals surface area (Å²) in [7, 11) is 0. The van der Waals surface area contributed by atoms with E-state index in [2.05, 4.69) is 21.4 Å². The fraction of sp³-hybridized carbons (Fsp3) is 0.105. The largest absolute Gasteiger partial charge is 0.273 e. The Labute approximate surface area is 149 Å². The number of amides is 1. The highest BCUT2D eigenvalue weighted by molar-refractivity contribution is 6.07. The van der Waals surface area contributed by atoms with Gasteiger partial charge in [0.25, 0.3) is 5.91 Å². The molecule has 0 saturated carbocycles. The summed E-state index contributed by atoms with van der Waals surface area (Å²) in [6.45, 7) is 1.70. The van der Waals surface area contributed by atoms with Crippen LogP contribution in [0.2, 0.25) is 0 Å². The second-order valence-corrected chi connectivity index (χ2v) is 5.78. The minimum Gasteiger partial charge on any atom is -0.273 e. The third-order valence-corrected chi connectivity index (χ3v) is 4.17. The second kappa shape index (κ2) is 6.26. The number of aromatic nitrogens is 3. The zero-order valence-corrected chi connectivity index (χ0v) is 13.9. The van der Waals surface area contributed by atoms with E-state index >= 15 is 0 Å². The second-order valence-electron chi connectivity index (χ2n) is 5.78. The zero-order valence-electron chi connectivity index (χ0n) is 13.9. The van der Waals surface area contributed by atoms with Crippen molar-refractivity contribution in [3.8, 4) is 11.8 Å². The van der Waals surface area contributed by atoms with Crippen LogP contribution >= 0.6 is 0 Å². The molecule has 1 aromatic heterocycles. The van der Waals surface area contributed by atoms with Crippen LogP contribution in [-0.4, -0.2) is 31.6 Å². The van der Waals surface area contributed by atoms with Gasteiger partial charge >= 0.3 is 0 Å². The first kappa shape index (κ1) is 15.7. The number of aliphatic imine (C=N–C) groups is 1. The van der Waals surface area contributed by atoms with Crippen LogP contribution in [0.15, 0.2) is 65.7 Å². The average Bonchev–Trinajstić information content (AvgIpc) is 3.11. The third-order valence-electron chi connectivity index (χ3n) is 4.17. The normalized spacial score (nSPS) is 15.8. The summed E-state index contributed by atoms with van der Waals surface area (Å²) in [4.78, 5) is 18.8. The summed E-state index contributed by atoms with van der Waals surface area (Å²) in [6, 6.07) is 19.5. The topological polar surface area (TPSA) is 87.2 Å². The lowest BCUT2D eigenvalue weighted by Gasteiger charge is -2.29. The van der Waals surface area contributed by atoms with Gasteiger partial charge in [-0.2, -0.15) is 9.94 Å². The molecule has 1 atom stereocenters. The van der Waals surface area contributed by atoms with Crippen LogP contribution in [-0.2, 0) is 0 Å². The summed E-state index contributed by atoms with van der Waals surface area (Å²) >= 11 is 0. The number of nitrogens with zero attached hydrogens (tertiary/aromatic N) is 6. The summed E-state index contributed by atoms with van der Waals surface area (Å²) in [5.74, 6) is 0.605. The summed E-state index contributed by atoms with van der Waals surface area (Å²) in [6.07, 6.45) is 0. The molecule has 7 nitrogen and oxygen atoms in total. The molecule has 1 aliphatic rings. The molecule has 0 spiro atoms. The molecule has 126 valence electrons. The maximum atomic E-state index is 12.9. The highest BCUT2D eigenvalue weighted by Crippen LogP contribution is 2.35. The number of hydrogen-bond acceptors (Lipinski definition) is 5. The highest BCUT2D eigenvalue weighted by Gasteiger charge is 2.37. The van der Waals surface area contributed by atoms with Gasteiger partial charge in [-0.05, 0) is 31.2 Å². The van der Waals surface area contributed by atoms with Crippen LogP contribution in [0.5, 0.6) is 0 Å². The van der Waals surface area contributed by atoms with E-state index in [0.29, 0.717) is 22.9 Å². The van der Waals surface area contributed by atoms with E-state index in [-0.39, 0.29) is 5.91 Å². The smallest absolute Gasteiger partial charge is 0.260 e. The number of carbonyl (C=O) groups excluding carboxylic acids is 1. The predicted molar refractivity (Wildman–Crippen MR) is 95.1 cm³/mol. The molecule has 1 amide bonds. The van der Waals surface area contributed by atoms with E-state index < -0.39 is 6.04 Å². The minimum absolute atomic E-state index is 0.293. The van der Waals surface area contributed by atoms with Crippen LogP contribution in [0.4, 0.5) is 5.82 Å². The molecule has 3 aromatic rings. The van der Waals surface area contributed by atoms with Crippen molar-refractivity contribution in [2.45, 2.75) is 13.0 Å². The van der Waals surface area contributed by atoms with E-state index in [9.17, 15) is 10.1 Å². The van der Waals surface area contributed by atoms with Gasteiger partial charge in [0.2, 0.25) is 0 Å². The highest BCUT2D eigenvalue weighted by atomic mass is 16.2. The molecule has 1 unspecified atom stereocenters. The van der Waals surface area contributed by atoms with Crippen LogP contribution in [0.25, 0.3) is 5.69 Å². The third kappa shape index (κ3) is 2.45. The number of rotatable bonds is 2. The number of benzene rings is 2. The maximum Gasteiger partial charge on any atom is 0.260 e. The van der Waals surface area contributed by atoms with Gasteiger partial charge in [0, 0.05) is 5.56 Å². The Hall–Kier alpha value is -3.79. The summed E-state index contributed by atoms with van der Waals surface area (Å²) < 4.78 is 1.58. The van der Waals surface area contributed by atoms with Gasteiger partial charge in [-0.25, -0.2) is 4.99 Å². The number of fused-ring (bicyclic) bond motifs is 1. The fourth-order valence-electron chi connectivity index (χ4n) is 2.93. The fourth-order valence-corrected chi connectivity index (χ4v) is 2.93. The van der Waals surface area contributed by atoms with Crippen molar-refractivity contribution >= 4 is 17.6 Å². The number of para-hydroxylation sites is 1. The number of hydrogen-bond donors (Lipinski definition) is 0. The molecule has 26 heavy (non-hydrogen) atoms. The van der Waals surface area contributed by atoms with Crippen molar-refractivity contribution in [2.75, 3.05) is 0 Å². The molecule has 0 bridgehead atoms. The lowest BCUT2D eigenvalue weighted by molar-refractivity contribution is 0.0820. The Bertz CT molecular complexity index is 1030. The molecule has 0 radical (unpaired) electrons. The van der Waals surface area contributed by atoms with Crippen molar-refractivity contribution in [2.24, 2.45) is 4.99 Å². The minimum atomic E-state index is -0.882. The molecule has 2 heterocycles. The lowest BCUT2D eigenvalue weighted by atomic mass is 10.1. The van der Waals surface area contributed by atoms with Crippen molar-refractivity contribution < 1.29 is 4.79 Å². The first-order valence-electron chi connectivity index (χ1n) is 8.05. The SMILES string of the molecule is CC1=Nc2c(nnn2-c2ccccc2)C(C#N)N1C(=O)c1ccccc1. The molecule has 7 heteroatoms. The molecule has 4 rings (SSSR count). The number of amidine groups is 1. The molecular weight excluding hydrogens is 328 g/mol. The average molecular weight is 342 g/mol. The van der Waals surface area contributed by atoms with E-state index in [0.717, 1.165) is 5.69 Å². The van der Waals surface area contributed by atoms with Crippen LogP contribution in [0, 0.1) is 11.3 Å². The van der Waals surface area contributed by atoms with Gasteiger partial charge in [-0.3, -0.25) is 9.69 Å². The van der Waals surface area contributed by atoms with Gasteiger partial charge in [-0.1, -0.05) is 41.6 Å². The first-order chi connectivity index (χ1) is 12.7. The molecule has 2 aromatic carbocycles. The molecule has 0 N–H and O–H groups in total. The number of nitriles is 1. The van der Waals surface area contributed by atoms with E-state index in [1.807, 2.05) is 36.4 Å². The van der Waals surface area contributed by atoms with Crippen LogP contribution in [0.3, 0.4) is 0 Å². The van der Waals surface area contributed by atoms with Crippen molar-refractivity contribution in [3.05, 3.63) is 71.9 Å². The number of carbonyl (C=O) groups is 1. The summed E-state index contributed by atoms with van der Waals surface area (Å²) in [5, 5.41) is 18.0. The quantitative estimate of drug-likeness (QED) is 0.716. The lowest BCUT2D eigenvalue weighted by Crippen LogP contribution is -2.40. The molecule has 0 saturated heterocycles. The Balaban J connectivity index is 1.80. The van der Waals surface area contributed by atoms with E-state index in [1.165, 1.54) is 4.90 Å². The van der Waals surface area contributed by atoms with Crippen LogP contribution < -0.4 is 0 Å². The first-order valence-corrected chi connectivity index (χ1v) is 8.05.